The summed E-state index contributed by atoms with van der Waals surface area (Å²) in [6.45, 7) is 10.6. The van der Waals surface area contributed by atoms with Crippen LogP contribution in [-0.2, 0) is 35.1 Å². The Kier molecular flexibility index (Phi) is 9.26. The van der Waals surface area contributed by atoms with Crippen LogP contribution < -0.4 is 5.09 Å². The van der Waals surface area contributed by atoms with Gasteiger partial charge in [-0.1, -0.05) is 13.8 Å². The van der Waals surface area contributed by atoms with Crippen LogP contribution in [0.2, 0.25) is 0 Å². The molecule has 0 amide bonds. The molecule has 4 atom stereocenters. The molecule has 4 nitrogen and oxygen atoms in total. The quantitative estimate of drug-likeness (QED) is 0.636. The first-order valence-electron chi connectivity index (χ1n) is 6.47. The van der Waals surface area contributed by atoms with Crippen molar-refractivity contribution >= 4 is 7.95 Å². The maximum absolute atomic E-state index is 11.9. The van der Waals surface area contributed by atoms with Crippen molar-refractivity contribution in [2.75, 3.05) is 6.61 Å². The molecule has 1 unspecified atom stereocenters. The molecule has 0 aromatic heterocycles. The molecule has 1 aliphatic heterocycles. The van der Waals surface area contributed by atoms with Gasteiger partial charge < -0.3 is 14.0 Å². The van der Waals surface area contributed by atoms with Crippen molar-refractivity contribution < 1.29 is 35.1 Å². The Hall–Kier alpha value is 0.798. The van der Waals surface area contributed by atoms with Gasteiger partial charge in [-0.05, 0) is 27.2 Å². The topological polar surface area (TPSA) is 47.6 Å². The number of nitrogens with one attached hydrogen (secondary N) is 1. The van der Waals surface area contributed by atoms with E-state index in [1.807, 2.05) is 27.7 Å². The van der Waals surface area contributed by atoms with Gasteiger partial charge in [0.15, 0.2) is 0 Å². The molecule has 0 spiro atoms. The number of hydrogen-bond acceptors (Lipinski definition) is 3. The zero-order valence-corrected chi connectivity index (χ0v) is 15.9. The van der Waals surface area contributed by atoms with Gasteiger partial charge in [-0.25, -0.2) is 0 Å². The maximum atomic E-state index is 11.9. The molecule has 1 N–H and O–H groups in total. The summed E-state index contributed by atoms with van der Waals surface area (Å²) in [7, 11) is -1.72. The standard InChI is InChI=1S/C12H26NO3P.W/c1-8(2)15-7-12-11(6-10(5)16-12)13-17(14)9(3)4;/h8-12,17H,6-7H2,1-5H3,(H,13,14);/t10-,11-,12+;/m0./s1. The minimum Gasteiger partial charge on any atom is -0.376 e. The molecule has 18 heavy (non-hydrogen) atoms. The molecule has 0 bridgehead atoms. The van der Waals surface area contributed by atoms with Gasteiger partial charge in [0.25, 0.3) is 0 Å². The summed E-state index contributed by atoms with van der Waals surface area (Å²) >= 11 is 0. The fraction of sp³-hybridized carbons (Fsp3) is 1.00. The van der Waals surface area contributed by atoms with Gasteiger partial charge >= 0.3 is 0 Å². The molecule has 6 heteroatoms. The van der Waals surface area contributed by atoms with Crippen LogP contribution in [0, 0.1) is 0 Å². The number of ether oxygens (including phenoxy) is 2. The SMILES string of the molecule is CC(C)OC[C@H]1O[C@@H](C)C[C@@H]1N[PH](=O)C(C)C.[W]. The summed E-state index contributed by atoms with van der Waals surface area (Å²) in [5.41, 5.74) is 0.197. The molecule has 1 heterocycles. The number of hydrogen-bond donors (Lipinski definition) is 1. The fourth-order valence-electron chi connectivity index (χ4n) is 1.90. The largest absolute Gasteiger partial charge is 0.376 e. The summed E-state index contributed by atoms with van der Waals surface area (Å²) in [5.74, 6) is 0. The molecule has 108 valence electrons. The molecule has 1 aliphatic rings. The van der Waals surface area contributed by atoms with Crippen molar-refractivity contribution in [3.05, 3.63) is 0 Å². The van der Waals surface area contributed by atoms with Crippen molar-refractivity contribution in [1.82, 2.24) is 5.09 Å². The van der Waals surface area contributed by atoms with Gasteiger partial charge in [-0.2, -0.15) is 0 Å². The van der Waals surface area contributed by atoms with E-state index >= 15 is 0 Å². The van der Waals surface area contributed by atoms with Gasteiger partial charge in [0.1, 0.15) is 7.95 Å². The zero-order valence-electron chi connectivity index (χ0n) is 11.9. The van der Waals surface area contributed by atoms with E-state index in [0.717, 1.165) is 6.42 Å². The predicted molar refractivity (Wildman–Crippen MR) is 71.1 cm³/mol. The van der Waals surface area contributed by atoms with Crippen molar-refractivity contribution in [3.8, 4) is 0 Å². The predicted octanol–water partition coefficient (Wildman–Crippen LogP) is 2.43. The maximum Gasteiger partial charge on any atom is 0.139 e. The van der Waals surface area contributed by atoms with E-state index in [1.165, 1.54) is 0 Å². The average molecular weight is 447 g/mol. The van der Waals surface area contributed by atoms with Crippen LogP contribution in [0.3, 0.4) is 0 Å². The minimum absolute atomic E-state index is 0. The molecule has 1 saturated heterocycles. The van der Waals surface area contributed by atoms with E-state index < -0.39 is 7.95 Å². The summed E-state index contributed by atoms with van der Waals surface area (Å²) in [5, 5.41) is 3.22. The van der Waals surface area contributed by atoms with E-state index in [9.17, 15) is 4.57 Å². The van der Waals surface area contributed by atoms with Gasteiger partial charge in [-0.3, -0.25) is 5.09 Å². The fourth-order valence-corrected chi connectivity index (χ4v) is 2.90. The van der Waals surface area contributed by atoms with Crippen LogP contribution in [-0.4, -0.2) is 36.6 Å². The molecule has 0 aliphatic carbocycles. The first kappa shape index (κ1) is 18.8. The van der Waals surface area contributed by atoms with Crippen LogP contribution in [0.25, 0.3) is 0 Å². The molecular formula is C12H26NO3PW. The van der Waals surface area contributed by atoms with E-state index in [-0.39, 0.29) is 51.1 Å². The summed E-state index contributed by atoms with van der Waals surface area (Å²) in [6.07, 6.45) is 1.36. The molecule has 0 aromatic carbocycles. The first-order valence-corrected chi connectivity index (χ1v) is 7.96. The minimum atomic E-state index is -1.72. The van der Waals surface area contributed by atoms with Gasteiger partial charge in [0.2, 0.25) is 0 Å². The van der Waals surface area contributed by atoms with E-state index in [0.29, 0.717) is 6.61 Å². The van der Waals surface area contributed by atoms with Crippen molar-refractivity contribution in [2.24, 2.45) is 0 Å². The van der Waals surface area contributed by atoms with Crippen LogP contribution in [0.5, 0.6) is 0 Å². The van der Waals surface area contributed by atoms with Crippen molar-refractivity contribution in [2.45, 2.75) is 71.1 Å². The van der Waals surface area contributed by atoms with Gasteiger partial charge in [-0.15, -0.1) is 0 Å². The third-order valence-electron chi connectivity index (χ3n) is 2.89. The van der Waals surface area contributed by atoms with Gasteiger partial charge in [0, 0.05) is 32.8 Å². The second kappa shape index (κ2) is 8.87. The van der Waals surface area contributed by atoms with E-state index in [1.54, 1.807) is 0 Å². The molecule has 0 radical (unpaired) electrons. The third kappa shape index (κ3) is 6.30. The summed E-state index contributed by atoms with van der Waals surface area (Å²) in [6, 6.07) is 0.164. The van der Waals surface area contributed by atoms with Crippen molar-refractivity contribution in [3.63, 3.8) is 0 Å². The zero-order chi connectivity index (χ0) is 13.0. The van der Waals surface area contributed by atoms with E-state index in [4.69, 9.17) is 9.47 Å². The van der Waals surface area contributed by atoms with Gasteiger partial charge in [0.05, 0.1) is 24.9 Å². The average Bonchev–Trinajstić information content (AvgIpc) is 2.55. The molecule has 1 rings (SSSR count). The molecule has 0 aromatic rings. The summed E-state index contributed by atoms with van der Waals surface area (Å²) in [4.78, 5) is 0. The Bertz CT molecular complexity index is 264. The molecule has 1 fully saturated rings. The number of rotatable bonds is 6. The van der Waals surface area contributed by atoms with Crippen LogP contribution >= 0.6 is 7.95 Å². The first-order chi connectivity index (χ1) is 7.90. The second-order valence-electron chi connectivity index (χ2n) is 5.37. The monoisotopic (exact) mass is 447 g/mol. The van der Waals surface area contributed by atoms with Crippen molar-refractivity contribution in [1.29, 1.82) is 0 Å². The van der Waals surface area contributed by atoms with Crippen LogP contribution in [0.4, 0.5) is 0 Å². The van der Waals surface area contributed by atoms with Crippen LogP contribution in [0.15, 0.2) is 0 Å². The Balaban J connectivity index is 0.00000289. The Morgan fingerprint density at radius 2 is 2.00 bits per heavy atom. The van der Waals surface area contributed by atoms with Crippen LogP contribution in [0.1, 0.15) is 41.0 Å². The third-order valence-corrected chi connectivity index (χ3v) is 4.59. The second-order valence-corrected chi connectivity index (χ2v) is 7.54. The van der Waals surface area contributed by atoms with E-state index in [2.05, 4.69) is 12.0 Å². The smallest absolute Gasteiger partial charge is 0.139 e. The summed E-state index contributed by atoms with van der Waals surface area (Å²) < 4.78 is 23.3. The molecule has 0 saturated carbocycles. The Labute approximate surface area is 126 Å². The Morgan fingerprint density at radius 1 is 1.39 bits per heavy atom. The normalized spacial score (nSPS) is 29.6. The Morgan fingerprint density at radius 3 is 2.50 bits per heavy atom. The molecular weight excluding hydrogens is 421 g/mol.